The van der Waals surface area contributed by atoms with Gasteiger partial charge in [-0.25, -0.2) is 0 Å². The molecule has 0 saturated heterocycles. The van der Waals surface area contributed by atoms with Crippen LogP contribution >= 0.6 is 11.0 Å². The van der Waals surface area contributed by atoms with Gasteiger partial charge < -0.3 is 4.72 Å². The first-order valence-electron chi connectivity index (χ1n) is 1.56. The van der Waals surface area contributed by atoms with Crippen molar-refractivity contribution in [3.05, 3.63) is 11.6 Å². The molecule has 1 aliphatic rings. The average molecular weight is 169 g/mol. The van der Waals surface area contributed by atoms with E-state index in [0.29, 0.717) is 0 Å². The summed E-state index contributed by atoms with van der Waals surface area (Å²) in [5.41, 5.74) is 0. The van der Waals surface area contributed by atoms with Gasteiger partial charge in [-0.1, -0.05) is 0 Å². The Morgan fingerprint density at radius 3 is 2.43 bits per heavy atom. The Kier molecular flexibility index (Phi) is 1.57. The molecule has 7 heavy (non-hydrogen) atoms. The molecule has 40 valence electrons. The molecule has 1 N–H and O–H groups in total. The molecule has 0 bridgehead atoms. The molecule has 0 aromatic heterocycles. The summed E-state index contributed by atoms with van der Waals surface area (Å²) in [6.45, 7) is 0. The lowest BCUT2D eigenvalue weighted by atomic mass is 11.1. The fraction of sp³-hybridized carbons (Fsp3) is 0. The molecule has 1 aliphatic heterocycles. The maximum Gasteiger partial charge on any atom is 0.0305 e. The largest absolute Gasteiger partial charge is 0.326 e. The first kappa shape index (κ1) is 5.81. The Labute approximate surface area is 55.9 Å². The predicted molar refractivity (Wildman–Crippen MR) is 42.0 cm³/mol. The van der Waals surface area contributed by atoms with Crippen LogP contribution in [0.25, 0.3) is 0 Å². The Balaban J connectivity index is 2.99. The molecule has 1 rings (SSSR count). The number of nitrogens with one attached hydrogen (secondary N) is 1. The maximum atomic E-state index is 4.92. The Morgan fingerprint density at radius 1 is 1.57 bits per heavy atom. The van der Waals surface area contributed by atoms with Crippen molar-refractivity contribution in [1.29, 1.82) is 0 Å². The van der Waals surface area contributed by atoms with Crippen molar-refractivity contribution in [2.45, 2.75) is 0 Å². The lowest BCUT2D eigenvalue weighted by Gasteiger charge is -1.88. The fourth-order valence-corrected chi connectivity index (χ4v) is 2.81. The zero-order valence-corrected chi connectivity index (χ0v) is 6.55. The van der Waals surface area contributed by atoms with Crippen molar-refractivity contribution in [3.63, 3.8) is 0 Å². The van der Waals surface area contributed by atoms with E-state index in [2.05, 4.69) is 4.72 Å². The van der Waals surface area contributed by atoms with Crippen LogP contribution in [-0.2, 0) is 28.6 Å². The standard InChI is InChI=1S/C2H3NS4/c4-7(5)2-1-3-6-7/h1-3H. The van der Waals surface area contributed by atoms with Gasteiger partial charge in [0.25, 0.3) is 0 Å². The molecule has 1 heterocycles. The fourth-order valence-electron chi connectivity index (χ4n) is 0.234. The topological polar surface area (TPSA) is 12.0 Å². The normalized spacial score (nSPS) is 24.6. The SMILES string of the molecule is S=S1(=S)C=CNS1. The Morgan fingerprint density at radius 2 is 2.29 bits per heavy atom. The van der Waals surface area contributed by atoms with Gasteiger partial charge in [-0.15, -0.1) is 0 Å². The van der Waals surface area contributed by atoms with Crippen LogP contribution in [0.5, 0.6) is 0 Å². The highest BCUT2D eigenvalue weighted by atomic mass is 33.5. The van der Waals surface area contributed by atoms with Crippen molar-refractivity contribution < 1.29 is 0 Å². The smallest absolute Gasteiger partial charge is 0.0305 e. The molecule has 0 aliphatic carbocycles. The van der Waals surface area contributed by atoms with E-state index in [4.69, 9.17) is 22.4 Å². The van der Waals surface area contributed by atoms with Crippen molar-refractivity contribution in [1.82, 2.24) is 4.72 Å². The minimum Gasteiger partial charge on any atom is -0.326 e. The van der Waals surface area contributed by atoms with E-state index in [9.17, 15) is 0 Å². The monoisotopic (exact) mass is 169 g/mol. The molecule has 0 atom stereocenters. The first-order chi connectivity index (χ1) is 3.21. The van der Waals surface area contributed by atoms with E-state index in [0.717, 1.165) is 0 Å². The van der Waals surface area contributed by atoms with Crippen LogP contribution in [0.4, 0.5) is 0 Å². The second kappa shape index (κ2) is 1.89. The van der Waals surface area contributed by atoms with Crippen LogP contribution in [0.3, 0.4) is 0 Å². The third-order valence-corrected chi connectivity index (χ3v) is 4.61. The Hall–Kier alpha value is 0.680. The summed E-state index contributed by atoms with van der Waals surface area (Å²) < 4.78 is 2.88. The lowest BCUT2D eigenvalue weighted by Crippen LogP contribution is -1.83. The van der Waals surface area contributed by atoms with Gasteiger partial charge in [0, 0.05) is 28.8 Å². The minimum absolute atomic E-state index is 1.25. The molecule has 0 amide bonds. The van der Waals surface area contributed by atoms with Gasteiger partial charge in [-0.05, 0) is 22.4 Å². The van der Waals surface area contributed by atoms with Crippen LogP contribution in [0.2, 0.25) is 0 Å². The molecule has 0 spiro atoms. The van der Waals surface area contributed by atoms with Gasteiger partial charge in [0.15, 0.2) is 0 Å². The minimum atomic E-state index is -1.25. The Bertz CT molecular complexity index is 176. The molecule has 0 unspecified atom stereocenters. The third-order valence-electron chi connectivity index (χ3n) is 0.467. The number of hydrogen-bond acceptors (Lipinski definition) is 4. The molecule has 0 aromatic rings. The second-order valence-corrected chi connectivity index (χ2v) is 9.79. The van der Waals surface area contributed by atoms with Gasteiger partial charge in [-0.3, -0.25) is 0 Å². The van der Waals surface area contributed by atoms with Crippen molar-refractivity contribution in [2.75, 3.05) is 0 Å². The predicted octanol–water partition coefficient (Wildman–Crippen LogP) is 0.702. The highest BCUT2D eigenvalue weighted by molar-refractivity contribution is 8.98. The van der Waals surface area contributed by atoms with Crippen molar-refractivity contribution >= 4 is 39.5 Å². The summed E-state index contributed by atoms with van der Waals surface area (Å²) in [5.74, 6) is 0. The summed E-state index contributed by atoms with van der Waals surface area (Å²) in [4.78, 5) is 0. The molecule has 5 heteroatoms. The summed E-state index contributed by atoms with van der Waals surface area (Å²) >= 11 is 9.84. The van der Waals surface area contributed by atoms with Crippen LogP contribution in [0, 0.1) is 0 Å². The van der Waals surface area contributed by atoms with Gasteiger partial charge in [0.05, 0.1) is 0 Å². The maximum absolute atomic E-state index is 4.92. The van der Waals surface area contributed by atoms with Crippen LogP contribution in [0.1, 0.15) is 0 Å². The van der Waals surface area contributed by atoms with Crippen molar-refractivity contribution in [2.24, 2.45) is 0 Å². The third kappa shape index (κ3) is 1.56. The molecular weight excluding hydrogens is 166 g/mol. The van der Waals surface area contributed by atoms with E-state index in [1.807, 2.05) is 5.41 Å². The van der Waals surface area contributed by atoms with Gasteiger partial charge in [-0.2, -0.15) is 0 Å². The summed E-state index contributed by atoms with van der Waals surface area (Å²) in [7, 11) is 1.45. The second-order valence-electron chi connectivity index (χ2n) is 0.997. The quantitative estimate of drug-likeness (QED) is 0.423. The number of hydrogen-bond donors (Lipinski definition) is 1. The molecule has 0 radical (unpaired) electrons. The van der Waals surface area contributed by atoms with Gasteiger partial charge in [0.2, 0.25) is 0 Å². The van der Waals surface area contributed by atoms with Gasteiger partial charge in [0.1, 0.15) is 0 Å². The van der Waals surface area contributed by atoms with Crippen LogP contribution in [-0.4, -0.2) is 0 Å². The lowest BCUT2D eigenvalue weighted by molar-refractivity contribution is 1.46. The summed E-state index contributed by atoms with van der Waals surface area (Å²) in [6.07, 6.45) is 0.551. The van der Waals surface area contributed by atoms with Crippen LogP contribution < -0.4 is 4.72 Å². The molecule has 0 fully saturated rings. The summed E-state index contributed by atoms with van der Waals surface area (Å²) in [6, 6.07) is 0. The van der Waals surface area contributed by atoms with Crippen molar-refractivity contribution in [3.8, 4) is 0 Å². The average Bonchev–Trinajstić information content (AvgIpc) is 1.84. The molecule has 1 nitrogen and oxygen atoms in total. The first-order valence-corrected chi connectivity index (χ1v) is 6.44. The number of rotatable bonds is 0. The highest BCUT2D eigenvalue weighted by Gasteiger charge is 2.00. The summed E-state index contributed by atoms with van der Waals surface area (Å²) in [5, 5.41) is 1.86. The van der Waals surface area contributed by atoms with Crippen LogP contribution in [0.15, 0.2) is 11.6 Å². The van der Waals surface area contributed by atoms with E-state index < -0.39 is 6.18 Å². The van der Waals surface area contributed by atoms with E-state index in [1.54, 1.807) is 6.20 Å². The van der Waals surface area contributed by atoms with E-state index >= 15 is 0 Å². The highest BCUT2D eigenvalue weighted by Crippen LogP contribution is 2.16. The van der Waals surface area contributed by atoms with E-state index in [-0.39, 0.29) is 0 Å². The molecule has 0 aromatic carbocycles. The molecule has 0 saturated carbocycles. The zero-order valence-electron chi connectivity index (χ0n) is 3.29. The molecular formula is C2H3NS4. The van der Waals surface area contributed by atoms with E-state index in [1.165, 1.54) is 11.0 Å². The zero-order chi connectivity index (χ0) is 5.33. The van der Waals surface area contributed by atoms with Gasteiger partial charge >= 0.3 is 0 Å².